The highest BCUT2D eigenvalue weighted by molar-refractivity contribution is 7.89. The van der Waals surface area contributed by atoms with Gasteiger partial charge in [-0.3, -0.25) is 10.1 Å². The number of phenols is 1. The average Bonchev–Trinajstić information content (AvgIpc) is 2.43. The topological polar surface area (TPSA) is 136 Å². The molecule has 0 saturated heterocycles. The van der Waals surface area contributed by atoms with E-state index in [9.17, 15) is 23.6 Å². The van der Waals surface area contributed by atoms with Crippen LogP contribution < -0.4 is 10.5 Å². The summed E-state index contributed by atoms with van der Waals surface area (Å²) in [4.78, 5) is 9.61. The summed E-state index contributed by atoms with van der Waals surface area (Å²) in [6.07, 6.45) is 2.31. The average molecular weight is 317 g/mol. The van der Waals surface area contributed by atoms with Gasteiger partial charge in [-0.05, 0) is 18.6 Å². The van der Waals surface area contributed by atoms with Crippen molar-refractivity contribution in [3.8, 4) is 5.75 Å². The Bertz CT molecular complexity index is 603. The molecule has 0 aliphatic rings. The Morgan fingerprint density at radius 1 is 1.48 bits per heavy atom. The van der Waals surface area contributed by atoms with Crippen LogP contribution in [0.15, 0.2) is 23.1 Å². The number of sulfonamides is 1. The van der Waals surface area contributed by atoms with Crippen LogP contribution in [0.25, 0.3) is 0 Å². The molecule has 8 nitrogen and oxygen atoms in total. The minimum absolute atomic E-state index is 0.138. The first kappa shape index (κ1) is 17.3. The second-order valence-electron chi connectivity index (χ2n) is 4.60. The Hall–Kier alpha value is -1.71. The number of aromatic hydroxyl groups is 1. The van der Waals surface area contributed by atoms with Crippen LogP contribution in [-0.4, -0.2) is 31.0 Å². The lowest BCUT2D eigenvalue weighted by Gasteiger charge is -2.16. The van der Waals surface area contributed by atoms with Crippen LogP contribution in [0, 0.1) is 10.1 Å². The van der Waals surface area contributed by atoms with E-state index in [1.54, 1.807) is 0 Å². The minimum atomic E-state index is -3.92. The number of nitro benzene ring substituents is 1. The summed E-state index contributed by atoms with van der Waals surface area (Å²) in [6, 6.07) is 2.49. The molecule has 0 bridgehead atoms. The van der Waals surface area contributed by atoms with E-state index in [2.05, 4.69) is 4.72 Å². The maximum Gasteiger partial charge on any atom is 0.312 e. The molecule has 0 aliphatic carbocycles. The standard InChI is InChI=1S/C12H19N3O5S/c1-2-3-4-9(8-13)14-21(19,20)10-5-6-12(16)11(7-10)15(17)18/h5-7,9,14,16H,2-4,8,13H2,1H3. The van der Waals surface area contributed by atoms with Crippen molar-refractivity contribution in [1.29, 1.82) is 0 Å². The van der Waals surface area contributed by atoms with Gasteiger partial charge in [-0.15, -0.1) is 0 Å². The number of benzene rings is 1. The number of hydrogen-bond acceptors (Lipinski definition) is 6. The molecule has 0 fully saturated rings. The highest BCUT2D eigenvalue weighted by atomic mass is 32.2. The van der Waals surface area contributed by atoms with Gasteiger partial charge in [0.25, 0.3) is 0 Å². The molecular weight excluding hydrogens is 298 g/mol. The molecule has 0 aromatic heterocycles. The molecule has 0 heterocycles. The molecule has 21 heavy (non-hydrogen) atoms. The van der Waals surface area contributed by atoms with Crippen LogP contribution >= 0.6 is 0 Å². The van der Waals surface area contributed by atoms with Crippen molar-refractivity contribution >= 4 is 15.7 Å². The molecular formula is C12H19N3O5S. The van der Waals surface area contributed by atoms with Gasteiger partial charge in [0.15, 0.2) is 5.75 Å². The summed E-state index contributed by atoms with van der Waals surface area (Å²) in [5, 5.41) is 20.1. The lowest BCUT2D eigenvalue weighted by molar-refractivity contribution is -0.386. The smallest absolute Gasteiger partial charge is 0.312 e. The number of hydrogen-bond donors (Lipinski definition) is 3. The first-order chi connectivity index (χ1) is 9.81. The maximum atomic E-state index is 12.2. The molecule has 0 radical (unpaired) electrons. The van der Waals surface area contributed by atoms with Gasteiger partial charge in [-0.25, -0.2) is 13.1 Å². The van der Waals surface area contributed by atoms with Crippen molar-refractivity contribution in [2.75, 3.05) is 6.54 Å². The number of nitrogens with zero attached hydrogens (tertiary/aromatic N) is 1. The molecule has 1 aromatic rings. The summed E-state index contributed by atoms with van der Waals surface area (Å²) in [7, 11) is -3.92. The minimum Gasteiger partial charge on any atom is -0.502 e. The summed E-state index contributed by atoms with van der Waals surface area (Å²) < 4.78 is 26.8. The Labute approximate surface area is 123 Å². The van der Waals surface area contributed by atoms with E-state index in [1.807, 2.05) is 6.92 Å². The normalized spacial score (nSPS) is 13.0. The van der Waals surface area contributed by atoms with E-state index in [1.165, 1.54) is 0 Å². The quantitative estimate of drug-likeness (QED) is 0.485. The molecule has 0 spiro atoms. The Balaban J connectivity index is 3.02. The van der Waals surface area contributed by atoms with Gasteiger partial charge in [0.2, 0.25) is 10.0 Å². The van der Waals surface area contributed by atoms with Crippen molar-refractivity contribution in [2.45, 2.75) is 37.1 Å². The first-order valence-electron chi connectivity index (χ1n) is 6.51. The zero-order chi connectivity index (χ0) is 16.0. The lowest BCUT2D eigenvalue weighted by Crippen LogP contribution is -2.40. The van der Waals surface area contributed by atoms with Crippen molar-refractivity contribution in [3.05, 3.63) is 28.3 Å². The van der Waals surface area contributed by atoms with Crippen molar-refractivity contribution < 1.29 is 18.4 Å². The van der Waals surface area contributed by atoms with E-state index in [0.29, 0.717) is 6.42 Å². The highest BCUT2D eigenvalue weighted by Gasteiger charge is 2.23. The fourth-order valence-electron chi connectivity index (χ4n) is 1.78. The molecule has 0 amide bonds. The monoisotopic (exact) mass is 317 g/mol. The van der Waals surface area contributed by atoms with Crippen LogP contribution in [0.3, 0.4) is 0 Å². The molecule has 1 aromatic carbocycles. The Morgan fingerprint density at radius 3 is 2.67 bits per heavy atom. The molecule has 4 N–H and O–H groups in total. The van der Waals surface area contributed by atoms with Crippen LogP contribution in [0.5, 0.6) is 5.75 Å². The second kappa shape index (κ2) is 7.34. The molecule has 118 valence electrons. The van der Waals surface area contributed by atoms with E-state index in [-0.39, 0.29) is 11.4 Å². The Kier molecular flexibility index (Phi) is 6.06. The summed E-state index contributed by atoms with van der Waals surface area (Å²) >= 11 is 0. The predicted octanol–water partition coefficient (Wildman–Crippen LogP) is 1.10. The van der Waals surface area contributed by atoms with Crippen molar-refractivity contribution in [3.63, 3.8) is 0 Å². The summed E-state index contributed by atoms with van der Waals surface area (Å²) in [5.74, 6) is -0.583. The molecule has 0 saturated carbocycles. The highest BCUT2D eigenvalue weighted by Crippen LogP contribution is 2.28. The molecule has 1 rings (SSSR count). The first-order valence-corrected chi connectivity index (χ1v) is 8.00. The van der Waals surface area contributed by atoms with Crippen molar-refractivity contribution in [2.24, 2.45) is 5.73 Å². The second-order valence-corrected chi connectivity index (χ2v) is 6.32. The van der Waals surface area contributed by atoms with Crippen molar-refractivity contribution in [1.82, 2.24) is 4.72 Å². The summed E-state index contributed by atoms with van der Waals surface area (Å²) in [5.41, 5.74) is 4.87. The number of nitrogens with one attached hydrogen (secondary N) is 1. The number of rotatable bonds is 8. The molecule has 0 aliphatic heterocycles. The lowest BCUT2D eigenvalue weighted by atomic mass is 10.1. The van der Waals surface area contributed by atoms with E-state index >= 15 is 0 Å². The fourth-order valence-corrected chi connectivity index (χ4v) is 3.08. The predicted molar refractivity (Wildman–Crippen MR) is 77.5 cm³/mol. The molecule has 9 heteroatoms. The number of phenolic OH excluding ortho intramolecular Hbond substituents is 1. The van der Waals surface area contributed by atoms with E-state index in [0.717, 1.165) is 31.0 Å². The summed E-state index contributed by atoms with van der Waals surface area (Å²) in [6.45, 7) is 2.12. The van der Waals surface area contributed by atoms with Gasteiger partial charge in [0, 0.05) is 18.7 Å². The third-order valence-electron chi connectivity index (χ3n) is 2.97. The SMILES string of the molecule is CCCCC(CN)NS(=O)(=O)c1ccc(O)c([N+](=O)[O-])c1. The number of nitro groups is 1. The zero-order valence-electron chi connectivity index (χ0n) is 11.7. The van der Waals surface area contributed by atoms with Crippen LogP contribution in [0.2, 0.25) is 0 Å². The van der Waals surface area contributed by atoms with E-state index < -0.39 is 32.4 Å². The Morgan fingerprint density at radius 2 is 2.14 bits per heavy atom. The van der Waals surface area contributed by atoms with Crippen LogP contribution in [0.1, 0.15) is 26.2 Å². The van der Waals surface area contributed by atoms with Gasteiger partial charge >= 0.3 is 5.69 Å². The van der Waals surface area contributed by atoms with Crippen LogP contribution in [-0.2, 0) is 10.0 Å². The fraction of sp³-hybridized carbons (Fsp3) is 0.500. The zero-order valence-corrected chi connectivity index (χ0v) is 12.5. The maximum absolute atomic E-state index is 12.2. The van der Waals surface area contributed by atoms with Gasteiger partial charge in [0.1, 0.15) is 0 Å². The third kappa shape index (κ3) is 4.66. The number of unbranched alkanes of at least 4 members (excludes halogenated alkanes) is 1. The molecule has 1 atom stereocenters. The van der Waals surface area contributed by atoms with Gasteiger partial charge in [-0.1, -0.05) is 19.8 Å². The van der Waals surface area contributed by atoms with E-state index in [4.69, 9.17) is 5.73 Å². The largest absolute Gasteiger partial charge is 0.502 e. The van der Waals surface area contributed by atoms with Gasteiger partial charge in [0.05, 0.1) is 9.82 Å². The number of nitrogens with two attached hydrogens (primary N) is 1. The van der Waals surface area contributed by atoms with Gasteiger partial charge in [-0.2, -0.15) is 0 Å². The van der Waals surface area contributed by atoms with Crippen LogP contribution in [0.4, 0.5) is 5.69 Å². The molecule has 1 unspecified atom stereocenters. The third-order valence-corrected chi connectivity index (χ3v) is 4.48. The van der Waals surface area contributed by atoms with Gasteiger partial charge < -0.3 is 10.8 Å².